The quantitative estimate of drug-likeness (QED) is 0.700. The van der Waals surface area contributed by atoms with E-state index in [1.807, 2.05) is 19.2 Å². The molecule has 0 N–H and O–H groups in total. The molecule has 1 aromatic rings. The molecule has 0 fully saturated rings. The molecule has 94 valence electrons. The zero-order valence-electron chi connectivity index (χ0n) is 10.3. The highest BCUT2D eigenvalue weighted by molar-refractivity contribution is 7.11. The van der Waals surface area contributed by atoms with Crippen molar-refractivity contribution in [2.45, 2.75) is 45.6 Å². The third kappa shape index (κ3) is 4.30. The van der Waals surface area contributed by atoms with Crippen LogP contribution in [0.2, 0.25) is 0 Å². The van der Waals surface area contributed by atoms with Gasteiger partial charge in [-0.1, -0.05) is 26.3 Å². The number of carbonyl (C=O) groups is 2. The molecule has 0 saturated heterocycles. The van der Waals surface area contributed by atoms with E-state index >= 15 is 0 Å². The third-order valence-corrected chi connectivity index (χ3v) is 3.23. The van der Waals surface area contributed by atoms with Crippen LogP contribution >= 0.6 is 11.3 Å². The first-order valence-electron chi connectivity index (χ1n) is 5.96. The summed E-state index contributed by atoms with van der Waals surface area (Å²) < 4.78 is 5.27. The number of ketones is 1. The summed E-state index contributed by atoms with van der Waals surface area (Å²) >= 11 is 1.33. The second-order valence-corrected chi connectivity index (χ2v) is 4.82. The van der Waals surface area contributed by atoms with Gasteiger partial charge in [0.25, 0.3) is 0 Å². The summed E-state index contributed by atoms with van der Waals surface area (Å²) in [5, 5.41) is 1.82. The van der Waals surface area contributed by atoms with Crippen LogP contribution in [0.15, 0.2) is 17.5 Å². The van der Waals surface area contributed by atoms with Gasteiger partial charge < -0.3 is 4.74 Å². The van der Waals surface area contributed by atoms with Gasteiger partial charge in [0, 0.05) is 6.42 Å². The number of hydrogen-bond acceptors (Lipinski definition) is 4. The Labute approximate surface area is 106 Å². The molecule has 1 rings (SSSR count). The van der Waals surface area contributed by atoms with E-state index in [0.717, 1.165) is 12.8 Å². The third-order valence-electron chi connectivity index (χ3n) is 2.38. The molecular weight excluding hydrogens is 236 g/mol. The summed E-state index contributed by atoms with van der Waals surface area (Å²) in [5.41, 5.74) is 0. The average Bonchev–Trinajstić information content (AvgIpc) is 2.82. The number of Topliss-reactive ketones (excluding diaryl/α,β-unsaturated/α-hetero) is 1. The Hall–Kier alpha value is -1.16. The molecule has 3 nitrogen and oxygen atoms in total. The monoisotopic (exact) mass is 254 g/mol. The first-order valence-corrected chi connectivity index (χ1v) is 6.84. The Kier molecular flexibility index (Phi) is 5.91. The van der Waals surface area contributed by atoms with Crippen LogP contribution in [0.3, 0.4) is 0 Å². The average molecular weight is 254 g/mol. The van der Waals surface area contributed by atoms with Gasteiger partial charge in [-0.3, -0.25) is 4.79 Å². The molecular formula is C13H18O3S. The topological polar surface area (TPSA) is 43.4 Å². The molecule has 0 aliphatic carbocycles. The SMILES string of the molecule is CCCC(=O)C(CCC)OC(=O)c1cccs1. The highest BCUT2D eigenvalue weighted by Gasteiger charge is 2.22. The highest BCUT2D eigenvalue weighted by atomic mass is 32.1. The summed E-state index contributed by atoms with van der Waals surface area (Å²) in [6, 6.07) is 3.50. The summed E-state index contributed by atoms with van der Waals surface area (Å²) in [6.07, 6.45) is 2.13. The second-order valence-electron chi connectivity index (χ2n) is 3.88. The standard InChI is InChI=1S/C13H18O3S/c1-3-6-10(14)11(7-4-2)16-13(15)12-8-5-9-17-12/h5,8-9,11H,3-4,6-7H2,1-2H3. The predicted molar refractivity (Wildman–Crippen MR) is 68.3 cm³/mol. The van der Waals surface area contributed by atoms with Gasteiger partial charge in [0.2, 0.25) is 0 Å². The van der Waals surface area contributed by atoms with Gasteiger partial charge in [0.1, 0.15) is 4.88 Å². The van der Waals surface area contributed by atoms with Crippen LogP contribution in [0.25, 0.3) is 0 Å². The maximum Gasteiger partial charge on any atom is 0.349 e. The van der Waals surface area contributed by atoms with Crippen LogP contribution < -0.4 is 0 Å². The maximum atomic E-state index is 11.8. The molecule has 0 aromatic carbocycles. The molecule has 0 spiro atoms. The maximum absolute atomic E-state index is 11.8. The molecule has 1 atom stereocenters. The predicted octanol–water partition coefficient (Wildman–Crippen LogP) is 3.44. The van der Waals surface area contributed by atoms with Gasteiger partial charge in [0.15, 0.2) is 11.9 Å². The van der Waals surface area contributed by atoms with Gasteiger partial charge in [-0.25, -0.2) is 4.79 Å². The fraction of sp³-hybridized carbons (Fsp3) is 0.538. The molecule has 0 amide bonds. The second kappa shape index (κ2) is 7.22. The van der Waals surface area contributed by atoms with Crippen molar-refractivity contribution < 1.29 is 14.3 Å². The fourth-order valence-electron chi connectivity index (χ4n) is 1.54. The molecule has 0 bridgehead atoms. The number of esters is 1. The van der Waals surface area contributed by atoms with Crippen LogP contribution in [-0.4, -0.2) is 17.9 Å². The van der Waals surface area contributed by atoms with Crippen LogP contribution in [0, 0.1) is 0 Å². The molecule has 1 aromatic heterocycles. The van der Waals surface area contributed by atoms with Gasteiger partial charge in [0.05, 0.1) is 0 Å². The van der Waals surface area contributed by atoms with Crippen LogP contribution in [0.4, 0.5) is 0 Å². The van der Waals surface area contributed by atoms with E-state index in [2.05, 4.69) is 0 Å². The summed E-state index contributed by atoms with van der Waals surface area (Å²) in [5.74, 6) is -0.359. The van der Waals surface area contributed by atoms with E-state index in [-0.39, 0.29) is 11.8 Å². The van der Waals surface area contributed by atoms with Crippen LogP contribution in [0.5, 0.6) is 0 Å². The lowest BCUT2D eigenvalue weighted by Crippen LogP contribution is -2.26. The minimum Gasteiger partial charge on any atom is -0.450 e. The molecule has 1 heterocycles. The molecule has 4 heteroatoms. The highest BCUT2D eigenvalue weighted by Crippen LogP contribution is 2.14. The number of ether oxygens (including phenoxy) is 1. The normalized spacial score (nSPS) is 12.1. The van der Waals surface area contributed by atoms with E-state index in [1.54, 1.807) is 12.1 Å². The molecule has 0 aliphatic heterocycles. The molecule has 1 unspecified atom stereocenters. The van der Waals surface area contributed by atoms with Crippen LogP contribution in [-0.2, 0) is 9.53 Å². The summed E-state index contributed by atoms with van der Waals surface area (Å²) in [6.45, 7) is 3.92. The van der Waals surface area contributed by atoms with Crippen molar-refractivity contribution in [3.05, 3.63) is 22.4 Å². The van der Waals surface area contributed by atoms with Crippen molar-refractivity contribution in [3.63, 3.8) is 0 Å². The molecule has 17 heavy (non-hydrogen) atoms. The van der Waals surface area contributed by atoms with Gasteiger partial charge in [-0.15, -0.1) is 11.3 Å². The Morgan fingerprint density at radius 2 is 2.12 bits per heavy atom. The van der Waals surface area contributed by atoms with E-state index in [1.165, 1.54) is 11.3 Å². The van der Waals surface area contributed by atoms with Gasteiger partial charge in [-0.05, 0) is 24.3 Å². The lowest BCUT2D eigenvalue weighted by Gasteiger charge is -2.15. The minimum atomic E-state index is -0.574. The lowest BCUT2D eigenvalue weighted by molar-refractivity contribution is -0.128. The first kappa shape index (κ1) is 13.9. The molecule has 0 aliphatic rings. The minimum absolute atomic E-state index is 0.0271. The van der Waals surface area contributed by atoms with Gasteiger partial charge in [-0.2, -0.15) is 0 Å². The Morgan fingerprint density at radius 1 is 1.35 bits per heavy atom. The van der Waals surface area contributed by atoms with Crippen molar-refractivity contribution in [2.24, 2.45) is 0 Å². The van der Waals surface area contributed by atoms with E-state index in [9.17, 15) is 9.59 Å². The molecule has 0 saturated carbocycles. The Balaban J connectivity index is 2.60. The largest absolute Gasteiger partial charge is 0.450 e. The Morgan fingerprint density at radius 3 is 2.65 bits per heavy atom. The zero-order chi connectivity index (χ0) is 12.7. The summed E-state index contributed by atoms with van der Waals surface area (Å²) in [4.78, 5) is 24.1. The van der Waals surface area contributed by atoms with Crippen LogP contribution in [0.1, 0.15) is 49.2 Å². The van der Waals surface area contributed by atoms with Crippen molar-refractivity contribution in [3.8, 4) is 0 Å². The van der Waals surface area contributed by atoms with Gasteiger partial charge >= 0.3 is 5.97 Å². The fourth-order valence-corrected chi connectivity index (χ4v) is 2.14. The lowest BCUT2D eigenvalue weighted by atomic mass is 10.1. The smallest absolute Gasteiger partial charge is 0.349 e. The van der Waals surface area contributed by atoms with Crippen molar-refractivity contribution in [2.75, 3.05) is 0 Å². The number of thiophene rings is 1. The number of hydrogen-bond donors (Lipinski definition) is 0. The Bertz CT molecular complexity index is 357. The molecule has 0 radical (unpaired) electrons. The number of carbonyl (C=O) groups excluding carboxylic acids is 2. The first-order chi connectivity index (χ1) is 8.19. The van der Waals surface area contributed by atoms with Crippen molar-refractivity contribution in [1.82, 2.24) is 0 Å². The van der Waals surface area contributed by atoms with E-state index in [4.69, 9.17) is 4.74 Å². The number of rotatable bonds is 7. The van der Waals surface area contributed by atoms with E-state index in [0.29, 0.717) is 17.7 Å². The van der Waals surface area contributed by atoms with E-state index < -0.39 is 6.10 Å². The zero-order valence-corrected chi connectivity index (χ0v) is 11.1. The van der Waals surface area contributed by atoms with Crippen molar-refractivity contribution in [1.29, 1.82) is 0 Å². The summed E-state index contributed by atoms with van der Waals surface area (Å²) in [7, 11) is 0. The van der Waals surface area contributed by atoms with Crippen molar-refractivity contribution >= 4 is 23.1 Å².